The zero-order chi connectivity index (χ0) is 35.0. The van der Waals surface area contributed by atoms with E-state index in [1.807, 2.05) is 19.1 Å². The first-order valence-corrected chi connectivity index (χ1v) is 15.5. The molecular weight excluding hydrogens is 647 g/mol. The van der Waals surface area contributed by atoms with Gasteiger partial charge in [0.1, 0.15) is 5.70 Å². The van der Waals surface area contributed by atoms with Crippen LogP contribution in [0.15, 0.2) is 83.8 Å². The first kappa shape index (κ1) is 34.6. The molecule has 0 fully saturated rings. The molecule has 4 aromatic rings. The summed E-state index contributed by atoms with van der Waals surface area (Å²) in [5.74, 6) is 5.42. The maximum absolute atomic E-state index is 13.8. The second kappa shape index (κ2) is 13.4. The zero-order valence-corrected chi connectivity index (χ0v) is 27.2. The summed E-state index contributed by atoms with van der Waals surface area (Å²) >= 11 is 6.22. The van der Waals surface area contributed by atoms with Crippen molar-refractivity contribution in [2.24, 2.45) is 17.5 Å². The summed E-state index contributed by atoms with van der Waals surface area (Å²) in [6, 6.07) is 14.0. The normalized spacial score (nSPS) is 17.5. The van der Waals surface area contributed by atoms with Crippen molar-refractivity contribution in [3.8, 4) is 22.4 Å². The smallest absolute Gasteiger partial charge is 0.393 e. The molecular formula is C34H35ClF3N7O3. The molecule has 0 aliphatic carbocycles. The predicted octanol–water partition coefficient (Wildman–Crippen LogP) is 6.24. The van der Waals surface area contributed by atoms with E-state index in [0.29, 0.717) is 53.0 Å². The van der Waals surface area contributed by atoms with Crippen LogP contribution in [0.1, 0.15) is 57.3 Å². The molecule has 1 amide bonds. The van der Waals surface area contributed by atoms with E-state index >= 15 is 0 Å². The number of alkyl halides is 3. The second-order valence-electron chi connectivity index (χ2n) is 12.3. The molecule has 0 spiro atoms. The number of hydrogen-bond acceptors (Lipinski definition) is 8. The number of hydrogen-bond donors (Lipinski definition) is 4. The third-order valence-corrected chi connectivity index (χ3v) is 8.50. The van der Waals surface area contributed by atoms with E-state index in [1.165, 1.54) is 35.2 Å². The quantitative estimate of drug-likeness (QED) is 0.143. The van der Waals surface area contributed by atoms with Crippen molar-refractivity contribution in [2.75, 3.05) is 10.3 Å². The lowest BCUT2D eigenvalue weighted by Crippen LogP contribution is -2.30. The summed E-state index contributed by atoms with van der Waals surface area (Å²) in [5.41, 5.74) is 5.80. The molecule has 2 aromatic heterocycles. The molecule has 1 aliphatic heterocycles. The number of carbonyl (C=O) groups is 1. The first-order valence-electron chi connectivity index (χ1n) is 15.1. The number of aromatic nitrogens is 3. The van der Waals surface area contributed by atoms with Crippen LogP contribution in [0.4, 0.5) is 24.5 Å². The third-order valence-electron chi connectivity index (χ3n) is 8.27. The Morgan fingerprint density at radius 3 is 2.50 bits per heavy atom. The highest BCUT2D eigenvalue weighted by atomic mass is 35.5. The minimum atomic E-state index is -4.80. The molecule has 3 heterocycles. The number of hydrazine groups is 1. The summed E-state index contributed by atoms with van der Waals surface area (Å²) in [6.45, 7) is 5.16. The highest BCUT2D eigenvalue weighted by Gasteiger charge is 2.32. The number of halogens is 4. The van der Waals surface area contributed by atoms with E-state index in [1.54, 1.807) is 38.2 Å². The van der Waals surface area contributed by atoms with Crippen LogP contribution in [-0.4, -0.2) is 31.7 Å². The molecule has 0 saturated heterocycles. The molecule has 14 heteroatoms. The number of fused-ring (bicyclic) bond motifs is 4. The number of amides is 1. The average Bonchev–Trinajstić information content (AvgIpc) is 3.02. The van der Waals surface area contributed by atoms with Crippen LogP contribution < -0.4 is 27.5 Å². The summed E-state index contributed by atoms with van der Waals surface area (Å²) in [7, 11) is 0. The molecule has 10 nitrogen and oxygen atoms in total. The van der Waals surface area contributed by atoms with Gasteiger partial charge in [-0.3, -0.25) is 24.1 Å². The van der Waals surface area contributed by atoms with Gasteiger partial charge in [-0.05, 0) is 74.2 Å². The first-order chi connectivity index (χ1) is 22.5. The van der Waals surface area contributed by atoms with E-state index in [-0.39, 0.29) is 33.8 Å². The maximum atomic E-state index is 13.8. The minimum Gasteiger partial charge on any atom is -0.393 e. The lowest BCUT2D eigenvalue weighted by Gasteiger charge is -2.24. The van der Waals surface area contributed by atoms with Gasteiger partial charge in [0.05, 0.1) is 35.0 Å². The van der Waals surface area contributed by atoms with Gasteiger partial charge < -0.3 is 16.2 Å². The van der Waals surface area contributed by atoms with Crippen LogP contribution in [-0.2, 0) is 10.4 Å². The van der Waals surface area contributed by atoms with Crippen molar-refractivity contribution in [2.45, 2.75) is 57.9 Å². The SMILES string of the molecule is CC1CCCC(n2cnc(-c3cc(Cl)ccc3N(N)/C=C(\N)C(F)(F)F)cc2=O)c2cc(ccn2)-c2ccc(C(C)(C)O)cc2NC1=O. The molecule has 2 bridgehead atoms. The number of allylic oxidation sites excluding steroid dienone is 1. The lowest BCUT2D eigenvalue weighted by atomic mass is 9.92. The number of carbonyl (C=O) groups excluding carboxylic acids is 1. The molecule has 5 rings (SSSR count). The molecule has 2 unspecified atom stereocenters. The Morgan fingerprint density at radius 2 is 1.81 bits per heavy atom. The van der Waals surface area contributed by atoms with Gasteiger partial charge in [-0.2, -0.15) is 13.2 Å². The Labute approximate surface area is 279 Å². The Hall–Kier alpha value is -4.72. The molecule has 252 valence electrons. The van der Waals surface area contributed by atoms with Crippen LogP contribution in [0.3, 0.4) is 0 Å². The fraction of sp³-hybridized carbons (Fsp3) is 0.294. The maximum Gasteiger partial charge on any atom is 0.432 e. The molecule has 0 saturated carbocycles. The zero-order valence-electron chi connectivity index (χ0n) is 26.4. The van der Waals surface area contributed by atoms with Crippen LogP contribution in [0.5, 0.6) is 0 Å². The van der Waals surface area contributed by atoms with Crippen LogP contribution in [0.25, 0.3) is 22.4 Å². The minimum absolute atomic E-state index is 0.0790. The highest BCUT2D eigenvalue weighted by Crippen LogP contribution is 2.36. The van der Waals surface area contributed by atoms with Gasteiger partial charge in [0.15, 0.2) is 0 Å². The predicted molar refractivity (Wildman–Crippen MR) is 179 cm³/mol. The van der Waals surface area contributed by atoms with Gasteiger partial charge in [-0.25, -0.2) is 10.8 Å². The number of pyridine rings is 1. The van der Waals surface area contributed by atoms with Gasteiger partial charge >= 0.3 is 6.18 Å². The largest absolute Gasteiger partial charge is 0.432 e. The van der Waals surface area contributed by atoms with Gasteiger partial charge in [-0.15, -0.1) is 0 Å². The third kappa shape index (κ3) is 7.53. The monoisotopic (exact) mass is 681 g/mol. The highest BCUT2D eigenvalue weighted by molar-refractivity contribution is 6.31. The Morgan fingerprint density at radius 1 is 1.06 bits per heavy atom. The number of aliphatic hydroxyl groups is 1. The summed E-state index contributed by atoms with van der Waals surface area (Å²) < 4.78 is 40.7. The number of nitrogens with one attached hydrogen (secondary N) is 1. The summed E-state index contributed by atoms with van der Waals surface area (Å²) in [4.78, 5) is 36.1. The number of nitrogens with zero attached hydrogens (tertiary/aromatic N) is 4. The summed E-state index contributed by atoms with van der Waals surface area (Å²) in [5, 5.41) is 14.6. The fourth-order valence-electron chi connectivity index (χ4n) is 5.53. The molecule has 2 atom stereocenters. The molecule has 48 heavy (non-hydrogen) atoms. The number of anilines is 2. The van der Waals surface area contributed by atoms with Gasteiger partial charge in [0.25, 0.3) is 5.56 Å². The number of rotatable bonds is 5. The van der Waals surface area contributed by atoms with E-state index in [2.05, 4.69) is 15.3 Å². The van der Waals surface area contributed by atoms with Crippen LogP contribution in [0.2, 0.25) is 5.02 Å². The second-order valence-corrected chi connectivity index (χ2v) is 12.7. The number of nitrogens with two attached hydrogens (primary N) is 2. The van der Waals surface area contributed by atoms with Crippen LogP contribution in [0, 0.1) is 5.92 Å². The molecule has 1 aliphatic rings. The number of benzene rings is 2. The van der Waals surface area contributed by atoms with Crippen molar-refractivity contribution in [1.29, 1.82) is 0 Å². The molecule has 2 aromatic carbocycles. The average molecular weight is 682 g/mol. The summed E-state index contributed by atoms with van der Waals surface area (Å²) in [6.07, 6.45) is 0.267. The van der Waals surface area contributed by atoms with Crippen LogP contribution >= 0.6 is 11.6 Å². The van der Waals surface area contributed by atoms with Crippen molar-refractivity contribution in [3.63, 3.8) is 0 Å². The van der Waals surface area contributed by atoms with E-state index in [0.717, 1.165) is 5.56 Å². The van der Waals surface area contributed by atoms with E-state index in [9.17, 15) is 27.9 Å². The van der Waals surface area contributed by atoms with E-state index < -0.39 is 29.1 Å². The Bertz CT molecular complexity index is 1940. The van der Waals surface area contributed by atoms with Crippen molar-refractivity contribution in [1.82, 2.24) is 14.5 Å². The standard InChI is InChI=1S/C34H35ClF3N7O3/c1-19-5-4-6-29(27-13-20(11-12-41-27)23-9-7-21(33(2,3)48)14-26(23)43-32(19)47)44-18-42-25(16-31(44)46)24-15-22(35)8-10-28(24)45(40)17-30(39)34(36,37)38/h7-19,29,48H,4-6,39-40H2,1-3H3,(H,43,47)/b30-17-. The van der Waals surface area contributed by atoms with Crippen molar-refractivity contribution < 1.29 is 23.1 Å². The lowest BCUT2D eigenvalue weighted by molar-refractivity contribution is -0.119. The topological polar surface area (TPSA) is 152 Å². The van der Waals surface area contributed by atoms with Gasteiger partial charge in [-0.1, -0.05) is 37.1 Å². The fourth-order valence-corrected chi connectivity index (χ4v) is 5.71. The van der Waals surface area contributed by atoms with Crippen molar-refractivity contribution >= 4 is 28.9 Å². The molecule has 6 N–H and O–H groups in total. The van der Waals surface area contributed by atoms with Gasteiger partial charge in [0, 0.05) is 46.2 Å². The van der Waals surface area contributed by atoms with Gasteiger partial charge in [0.2, 0.25) is 5.91 Å². The Balaban J connectivity index is 1.58. The van der Waals surface area contributed by atoms with Crippen molar-refractivity contribution in [3.05, 3.63) is 106 Å². The Kier molecular flexibility index (Phi) is 9.67. The van der Waals surface area contributed by atoms with E-state index in [4.69, 9.17) is 23.2 Å². The molecule has 0 radical (unpaired) electrons.